The summed E-state index contributed by atoms with van der Waals surface area (Å²) in [6.07, 6.45) is 9.94. The van der Waals surface area contributed by atoms with Crippen LogP contribution in [0.4, 0.5) is 0 Å². The van der Waals surface area contributed by atoms with Crippen molar-refractivity contribution in [2.24, 2.45) is 11.7 Å². The van der Waals surface area contributed by atoms with E-state index in [9.17, 15) is 0 Å². The normalized spacial score (nSPS) is 34.0. The molecule has 5 heteroatoms. The quantitative estimate of drug-likeness (QED) is 0.924. The van der Waals surface area contributed by atoms with Gasteiger partial charge in [-0.15, -0.1) is 0 Å². The van der Waals surface area contributed by atoms with Gasteiger partial charge in [0.1, 0.15) is 0 Å². The third-order valence-electron chi connectivity index (χ3n) is 5.03. The summed E-state index contributed by atoms with van der Waals surface area (Å²) in [6.45, 7) is 3.18. The van der Waals surface area contributed by atoms with Crippen LogP contribution in [0.1, 0.15) is 70.0 Å². The molecule has 3 rings (SSSR count). The molecule has 0 bridgehead atoms. The van der Waals surface area contributed by atoms with Crippen LogP contribution in [0.5, 0.6) is 0 Å². The van der Waals surface area contributed by atoms with Crippen LogP contribution in [0, 0.1) is 5.92 Å². The van der Waals surface area contributed by atoms with Crippen molar-refractivity contribution in [3.05, 3.63) is 11.7 Å². The zero-order chi connectivity index (χ0) is 14.7. The molecule has 2 aliphatic rings. The van der Waals surface area contributed by atoms with Gasteiger partial charge in [-0.25, -0.2) is 0 Å². The number of aryl methyl sites for hydroxylation is 1. The Bertz CT molecular complexity index is 446. The summed E-state index contributed by atoms with van der Waals surface area (Å²) in [5.41, 5.74) is 6.11. The van der Waals surface area contributed by atoms with Gasteiger partial charge in [0.05, 0.1) is 11.6 Å². The molecule has 2 N–H and O–H groups in total. The maximum atomic E-state index is 6.49. The van der Waals surface area contributed by atoms with Crippen molar-refractivity contribution in [1.82, 2.24) is 10.1 Å². The first-order valence-electron chi connectivity index (χ1n) is 8.39. The number of ether oxygens (including phenoxy) is 1. The van der Waals surface area contributed by atoms with Crippen LogP contribution >= 0.6 is 0 Å². The molecule has 1 aliphatic carbocycles. The monoisotopic (exact) mass is 293 g/mol. The lowest BCUT2D eigenvalue weighted by atomic mass is 9.77. The van der Waals surface area contributed by atoms with E-state index < -0.39 is 0 Å². The fourth-order valence-electron chi connectivity index (χ4n) is 3.38. The lowest BCUT2D eigenvalue weighted by Crippen LogP contribution is -2.41. The molecular formula is C16H27N3O2. The van der Waals surface area contributed by atoms with Crippen molar-refractivity contribution in [2.45, 2.75) is 76.4 Å². The van der Waals surface area contributed by atoms with Crippen LogP contribution in [0.3, 0.4) is 0 Å². The number of hydrogen-bond acceptors (Lipinski definition) is 5. The van der Waals surface area contributed by atoms with Crippen molar-refractivity contribution >= 4 is 0 Å². The van der Waals surface area contributed by atoms with Crippen molar-refractivity contribution in [3.63, 3.8) is 0 Å². The molecule has 0 aromatic carbocycles. The molecule has 2 heterocycles. The van der Waals surface area contributed by atoms with Crippen LogP contribution in [0.15, 0.2) is 4.52 Å². The lowest BCUT2D eigenvalue weighted by molar-refractivity contribution is 0.0104. The van der Waals surface area contributed by atoms with Gasteiger partial charge in [0, 0.05) is 13.0 Å². The Labute approximate surface area is 126 Å². The second-order valence-corrected chi connectivity index (χ2v) is 6.88. The van der Waals surface area contributed by atoms with Crippen molar-refractivity contribution in [3.8, 4) is 0 Å². The highest BCUT2D eigenvalue weighted by Gasteiger charge is 2.36. The van der Waals surface area contributed by atoms with Crippen LogP contribution in [-0.4, -0.2) is 22.9 Å². The Balaban J connectivity index is 1.55. The summed E-state index contributed by atoms with van der Waals surface area (Å²) in [4.78, 5) is 4.56. The standard InChI is InChI=1S/C16H27N3O2/c1-12-7-9-16(17,10-8-12)15-18-14(21-19-15)6-5-13-4-2-3-11-20-13/h12-13H,2-11,17H2,1H3. The van der Waals surface area contributed by atoms with E-state index in [1.807, 2.05) is 0 Å². The number of nitrogens with two attached hydrogens (primary N) is 1. The fraction of sp³-hybridized carbons (Fsp3) is 0.875. The van der Waals surface area contributed by atoms with Gasteiger partial charge in [0.15, 0.2) is 5.82 Å². The Morgan fingerprint density at radius 1 is 1.24 bits per heavy atom. The van der Waals surface area contributed by atoms with E-state index in [0.717, 1.165) is 57.5 Å². The lowest BCUT2D eigenvalue weighted by Gasteiger charge is -2.33. The number of rotatable bonds is 4. The van der Waals surface area contributed by atoms with E-state index in [1.54, 1.807) is 0 Å². The summed E-state index contributed by atoms with van der Waals surface area (Å²) in [7, 11) is 0. The zero-order valence-electron chi connectivity index (χ0n) is 13.0. The molecule has 1 saturated heterocycles. The summed E-state index contributed by atoms with van der Waals surface area (Å²) in [5.74, 6) is 2.17. The third-order valence-corrected chi connectivity index (χ3v) is 5.03. The molecule has 1 saturated carbocycles. The molecular weight excluding hydrogens is 266 g/mol. The Morgan fingerprint density at radius 3 is 2.76 bits per heavy atom. The van der Waals surface area contributed by atoms with Gasteiger partial charge in [-0.05, 0) is 57.3 Å². The summed E-state index contributed by atoms with van der Waals surface area (Å²) in [5, 5.41) is 4.15. The van der Waals surface area contributed by atoms with Gasteiger partial charge in [-0.1, -0.05) is 12.1 Å². The predicted octanol–water partition coefficient (Wildman–Crippen LogP) is 2.94. The van der Waals surface area contributed by atoms with Gasteiger partial charge in [-0.3, -0.25) is 0 Å². The summed E-state index contributed by atoms with van der Waals surface area (Å²) in [6, 6.07) is 0. The maximum Gasteiger partial charge on any atom is 0.226 e. The minimum absolute atomic E-state index is 0.358. The first-order valence-corrected chi connectivity index (χ1v) is 8.39. The summed E-state index contributed by atoms with van der Waals surface area (Å²) >= 11 is 0. The van der Waals surface area contributed by atoms with Crippen molar-refractivity contribution in [1.29, 1.82) is 0 Å². The molecule has 1 unspecified atom stereocenters. The average molecular weight is 293 g/mol. The molecule has 2 fully saturated rings. The van der Waals surface area contributed by atoms with Crippen molar-refractivity contribution < 1.29 is 9.26 Å². The first kappa shape index (κ1) is 15.0. The molecule has 0 amide bonds. The fourth-order valence-corrected chi connectivity index (χ4v) is 3.38. The van der Waals surface area contributed by atoms with Crippen LogP contribution < -0.4 is 5.73 Å². The van der Waals surface area contributed by atoms with Gasteiger partial charge in [0.2, 0.25) is 5.89 Å². The molecule has 1 aromatic rings. The van der Waals surface area contributed by atoms with E-state index in [4.69, 9.17) is 15.0 Å². The Morgan fingerprint density at radius 2 is 2.05 bits per heavy atom. The molecule has 21 heavy (non-hydrogen) atoms. The number of aromatic nitrogens is 2. The molecule has 5 nitrogen and oxygen atoms in total. The first-order chi connectivity index (χ1) is 10.2. The smallest absolute Gasteiger partial charge is 0.226 e. The highest BCUT2D eigenvalue weighted by atomic mass is 16.5. The minimum atomic E-state index is -0.379. The summed E-state index contributed by atoms with van der Waals surface area (Å²) < 4.78 is 11.1. The molecule has 1 aliphatic heterocycles. The Kier molecular flexibility index (Phi) is 4.60. The van der Waals surface area contributed by atoms with E-state index in [-0.39, 0.29) is 5.54 Å². The minimum Gasteiger partial charge on any atom is -0.378 e. The maximum absolute atomic E-state index is 6.49. The van der Waals surface area contributed by atoms with Crippen molar-refractivity contribution in [2.75, 3.05) is 6.61 Å². The van der Waals surface area contributed by atoms with Crippen LogP contribution in [0.25, 0.3) is 0 Å². The topological polar surface area (TPSA) is 74.2 Å². The van der Waals surface area contributed by atoms with E-state index in [0.29, 0.717) is 17.8 Å². The van der Waals surface area contributed by atoms with E-state index >= 15 is 0 Å². The molecule has 1 aromatic heterocycles. The predicted molar refractivity (Wildman–Crippen MR) is 79.7 cm³/mol. The van der Waals surface area contributed by atoms with Crippen LogP contribution in [0.2, 0.25) is 0 Å². The average Bonchev–Trinajstić information content (AvgIpc) is 2.99. The van der Waals surface area contributed by atoms with Crippen LogP contribution in [-0.2, 0) is 16.7 Å². The second-order valence-electron chi connectivity index (χ2n) is 6.88. The number of nitrogens with zero attached hydrogens (tertiary/aromatic N) is 2. The zero-order valence-corrected chi connectivity index (χ0v) is 13.0. The molecule has 0 radical (unpaired) electrons. The molecule has 118 valence electrons. The van der Waals surface area contributed by atoms with Gasteiger partial charge >= 0.3 is 0 Å². The highest BCUT2D eigenvalue weighted by Crippen LogP contribution is 2.36. The second kappa shape index (κ2) is 6.44. The number of hydrogen-bond donors (Lipinski definition) is 1. The largest absolute Gasteiger partial charge is 0.378 e. The van der Waals surface area contributed by atoms with Gasteiger partial charge in [-0.2, -0.15) is 4.98 Å². The molecule has 0 spiro atoms. The molecule has 1 atom stereocenters. The van der Waals surface area contributed by atoms with Gasteiger partial charge in [0.25, 0.3) is 0 Å². The Hall–Kier alpha value is -0.940. The van der Waals surface area contributed by atoms with E-state index in [1.165, 1.54) is 12.8 Å². The highest BCUT2D eigenvalue weighted by molar-refractivity contribution is 5.06. The van der Waals surface area contributed by atoms with Gasteiger partial charge < -0.3 is 15.0 Å². The third kappa shape index (κ3) is 3.64. The van der Waals surface area contributed by atoms with E-state index in [2.05, 4.69) is 17.1 Å². The SMILES string of the molecule is CC1CCC(N)(c2noc(CCC3CCCCO3)n2)CC1.